The maximum Gasteiger partial charge on any atom is 0.177 e. The zero-order valence-electron chi connectivity index (χ0n) is 14.9. The molecule has 0 atom stereocenters. The minimum absolute atomic E-state index is 0.346. The van der Waals surface area contributed by atoms with Gasteiger partial charge in [-0.3, -0.25) is 0 Å². The van der Waals surface area contributed by atoms with E-state index in [0.717, 1.165) is 48.5 Å². The molecule has 1 aromatic carbocycles. The van der Waals surface area contributed by atoms with Crippen molar-refractivity contribution < 1.29 is 0 Å². The first-order chi connectivity index (χ1) is 12.7. The Labute approximate surface area is 157 Å². The van der Waals surface area contributed by atoms with Crippen molar-refractivity contribution >= 4 is 34.6 Å². The van der Waals surface area contributed by atoms with Gasteiger partial charge in [0.2, 0.25) is 0 Å². The molecular weight excluding hydrogens is 344 g/mol. The third-order valence-electron chi connectivity index (χ3n) is 4.85. The van der Waals surface area contributed by atoms with Crippen molar-refractivity contribution in [1.29, 1.82) is 0 Å². The maximum absolute atomic E-state index is 6.01. The van der Waals surface area contributed by atoms with Gasteiger partial charge in [-0.1, -0.05) is 0 Å². The molecule has 0 aliphatic heterocycles. The van der Waals surface area contributed by atoms with Gasteiger partial charge in [0.05, 0.1) is 5.69 Å². The number of rotatable bonds is 5. The van der Waals surface area contributed by atoms with E-state index < -0.39 is 0 Å². The Morgan fingerprint density at radius 1 is 1.15 bits per heavy atom. The van der Waals surface area contributed by atoms with Gasteiger partial charge in [-0.15, -0.1) is 16.9 Å². The first-order valence-corrected chi connectivity index (χ1v) is 10.2. The van der Waals surface area contributed by atoms with Crippen molar-refractivity contribution in [3.8, 4) is 0 Å². The van der Waals surface area contributed by atoms with Gasteiger partial charge in [0, 0.05) is 41.1 Å². The quantitative estimate of drug-likeness (QED) is 0.593. The number of imidazole rings is 1. The summed E-state index contributed by atoms with van der Waals surface area (Å²) in [5, 5.41) is 11.7. The van der Waals surface area contributed by atoms with Gasteiger partial charge in [-0.25, -0.2) is 9.50 Å². The highest BCUT2D eigenvalue weighted by Gasteiger charge is 2.19. The van der Waals surface area contributed by atoms with Crippen molar-refractivity contribution in [3.05, 3.63) is 42.7 Å². The van der Waals surface area contributed by atoms with Crippen LogP contribution in [0, 0.1) is 0 Å². The lowest BCUT2D eigenvalue weighted by Crippen LogP contribution is -2.33. The molecule has 0 saturated heterocycles. The van der Waals surface area contributed by atoms with Crippen LogP contribution < -0.4 is 16.4 Å². The lowest BCUT2D eigenvalue weighted by molar-refractivity contribution is 0.410. The van der Waals surface area contributed by atoms with Crippen LogP contribution >= 0.6 is 11.8 Å². The van der Waals surface area contributed by atoms with Gasteiger partial charge in [0.1, 0.15) is 5.82 Å². The third-order valence-corrected chi connectivity index (χ3v) is 5.60. The number of fused-ring (bicyclic) bond motifs is 1. The zero-order valence-corrected chi connectivity index (χ0v) is 15.7. The van der Waals surface area contributed by atoms with Crippen LogP contribution in [0.15, 0.2) is 47.6 Å². The largest absolute Gasteiger partial charge is 0.366 e. The van der Waals surface area contributed by atoms with E-state index in [1.54, 1.807) is 18.0 Å². The molecule has 3 aromatic rings. The van der Waals surface area contributed by atoms with E-state index in [1.807, 2.05) is 16.8 Å². The van der Waals surface area contributed by atoms with Gasteiger partial charge >= 0.3 is 0 Å². The van der Waals surface area contributed by atoms with E-state index in [9.17, 15) is 0 Å². The fourth-order valence-corrected chi connectivity index (χ4v) is 3.79. The van der Waals surface area contributed by atoms with E-state index in [4.69, 9.17) is 5.73 Å². The Morgan fingerprint density at radius 2 is 1.92 bits per heavy atom. The zero-order chi connectivity index (χ0) is 17.9. The molecule has 0 bridgehead atoms. The van der Waals surface area contributed by atoms with Crippen LogP contribution in [0.5, 0.6) is 0 Å². The SMILES string of the molecule is CSc1ccc(Nc2cc(N[C@H]3CC[C@H](N)CC3)nn3ccnc23)cc1. The highest BCUT2D eigenvalue weighted by molar-refractivity contribution is 7.98. The number of hydrogen-bond acceptors (Lipinski definition) is 6. The molecule has 0 spiro atoms. The molecule has 7 heteroatoms. The monoisotopic (exact) mass is 368 g/mol. The van der Waals surface area contributed by atoms with Crippen molar-refractivity contribution in [3.63, 3.8) is 0 Å². The van der Waals surface area contributed by atoms with E-state index in [2.05, 4.69) is 51.2 Å². The second-order valence-electron chi connectivity index (χ2n) is 6.75. The Balaban J connectivity index is 1.57. The van der Waals surface area contributed by atoms with E-state index in [-0.39, 0.29) is 0 Å². The predicted molar refractivity (Wildman–Crippen MR) is 108 cm³/mol. The summed E-state index contributed by atoms with van der Waals surface area (Å²) >= 11 is 1.74. The number of nitrogens with one attached hydrogen (secondary N) is 2. The summed E-state index contributed by atoms with van der Waals surface area (Å²) in [6, 6.07) is 11.2. The second-order valence-corrected chi connectivity index (χ2v) is 7.63. The van der Waals surface area contributed by atoms with Crippen LogP contribution in [0.1, 0.15) is 25.7 Å². The average Bonchev–Trinajstić information content (AvgIpc) is 3.13. The average molecular weight is 369 g/mol. The predicted octanol–water partition coefficient (Wildman–Crippen LogP) is 3.88. The van der Waals surface area contributed by atoms with Crippen LogP contribution in [0.4, 0.5) is 17.2 Å². The van der Waals surface area contributed by atoms with Crippen LogP contribution in [0.25, 0.3) is 5.65 Å². The number of aromatic nitrogens is 3. The summed E-state index contributed by atoms with van der Waals surface area (Å²) in [4.78, 5) is 5.68. The molecule has 26 heavy (non-hydrogen) atoms. The minimum atomic E-state index is 0.346. The van der Waals surface area contributed by atoms with E-state index in [1.165, 1.54) is 4.90 Å². The minimum Gasteiger partial charge on any atom is -0.366 e. The van der Waals surface area contributed by atoms with Gasteiger partial charge in [-0.05, 0) is 56.2 Å². The highest BCUT2D eigenvalue weighted by Crippen LogP contribution is 2.26. The molecule has 4 rings (SSSR count). The van der Waals surface area contributed by atoms with E-state index >= 15 is 0 Å². The molecule has 2 aromatic heterocycles. The Kier molecular flexibility index (Phi) is 4.99. The molecule has 0 unspecified atom stereocenters. The summed E-state index contributed by atoms with van der Waals surface area (Å²) in [5.74, 6) is 0.860. The molecule has 1 aliphatic rings. The van der Waals surface area contributed by atoms with Crippen molar-refractivity contribution in [2.45, 2.75) is 42.7 Å². The number of anilines is 3. The summed E-state index contributed by atoms with van der Waals surface area (Å²) in [5.41, 5.74) is 8.81. The van der Waals surface area contributed by atoms with Crippen LogP contribution in [-0.2, 0) is 0 Å². The number of nitrogens with two attached hydrogens (primary N) is 1. The topological polar surface area (TPSA) is 80.3 Å². The fourth-order valence-electron chi connectivity index (χ4n) is 3.38. The number of hydrogen-bond donors (Lipinski definition) is 3. The lowest BCUT2D eigenvalue weighted by Gasteiger charge is -2.27. The summed E-state index contributed by atoms with van der Waals surface area (Å²) in [6.07, 6.45) is 10.0. The smallest absolute Gasteiger partial charge is 0.177 e. The summed E-state index contributed by atoms with van der Waals surface area (Å²) < 4.78 is 1.81. The van der Waals surface area contributed by atoms with Crippen molar-refractivity contribution in [1.82, 2.24) is 14.6 Å². The van der Waals surface area contributed by atoms with E-state index in [0.29, 0.717) is 12.1 Å². The number of benzene rings is 1. The number of nitrogens with zero attached hydrogens (tertiary/aromatic N) is 3. The van der Waals surface area contributed by atoms with Crippen LogP contribution in [0.2, 0.25) is 0 Å². The molecule has 6 nitrogen and oxygen atoms in total. The molecule has 2 heterocycles. The fraction of sp³-hybridized carbons (Fsp3) is 0.368. The highest BCUT2D eigenvalue weighted by atomic mass is 32.2. The van der Waals surface area contributed by atoms with Gasteiger partial charge in [-0.2, -0.15) is 0 Å². The first kappa shape index (κ1) is 17.2. The maximum atomic E-state index is 6.01. The third kappa shape index (κ3) is 3.78. The van der Waals surface area contributed by atoms with Crippen LogP contribution in [0.3, 0.4) is 0 Å². The standard InChI is InChI=1S/C19H24N6S/c1-26-16-8-6-14(7-9-16)22-17-12-18(24-25-11-10-21-19(17)25)23-15-4-2-13(20)3-5-15/h6-13,15,22H,2-5,20H2,1H3,(H,23,24)/t13-,15-. The molecule has 1 fully saturated rings. The molecule has 136 valence electrons. The molecule has 4 N–H and O–H groups in total. The second kappa shape index (κ2) is 7.55. The Morgan fingerprint density at radius 3 is 2.65 bits per heavy atom. The Bertz CT molecular complexity index is 867. The molecule has 1 saturated carbocycles. The first-order valence-electron chi connectivity index (χ1n) is 8.99. The van der Waals surface area contributed by atoms with Crippen molar-refractivity contribution in [2.24, 2.45) is 5.73 Å². The van der Waals surface area contributed by atoms with Crippen LogP contribution in [-0.4, -0.2) is 32.9 Å². The van der Waals surface area contributed by atoms with Gasteiger partial charge in [0.15, 0.2) is 5.65 Å². The lowest BCUT2D eigenvalue weighted by atomic mass is 9.92. The molecule has 1 aliphatic carbocycles. The molecular formula is C19H24N6S. The summed E-state index contributed by atoms with van der Waals surface area (Å²) in [7, 11) is 0. The van der Waals surface area contributed by atoms with Crippen molar-refractivity contribution in [2.75, 3.05) is 16.9 Å². The molecule has 0 radical (unpaired) electrons. The summed E-state index contributed by atoms with van der Waals surface area (Å²) in [6.45, 7) is 0. The molecule has 0 amide bonds. The van der Waals surface area contributed by atoms with Gasteiger partial charge < -0.3 is 16.4 Å². The van der Waals surface area contributed by atoms with Gasteiger partial charge in [0.25, 0.3) is 0 Å². The normalized spacial score (nSPS) is 20.2. The Hall–Kier alpha value is -2.25. The number of thioether (sulfide) groups is 1.